The van der Waals surface area contributed by atoms with Crippen LogP contribution in [-0.4, -0.2) is 19.6 Å². The predicted molar refractivity (Wildman–Crippen MR) is 60.6 cm³/mol. The molecule has 0 saturated carbocycles. The molecule has 0 aliphatic heterocycles. The molecule has 0 bridgehead atoms. The number of benzene rings is 1. The third-order valence-electron chi connectivity index (χ3n) is 1.95. The predicted octanol–water partition coefficient (Wildman–Crippen LogP) is 2.20. The Hall–Kier alpha value is -1.77. The third kappa shape index (κ3) is 3.46. The molecule has 0 fully saturated rings. The minimum Gasteiger partial charge on any atom is -0.501 e. The fraction of sp³-hybridized carbons (Fsp3) is 0.250. The van der Waals surface area contributed by atoms with E-state index >= 15 is 0 Å². The molecule has 1 rings (SSSR count). The molecule has 0 spiro atoms. The van der Waals surface area contributed by atoms with Crippen LogP contribution in [0, 0.1) is 0 Å². The molecule has 0 heterocycles. The minimum absolute atomic E-state index is 0.102. The number of likely N-dealkylation sites (N-methyl/N-ethyl adjacent to an activating group) is 1. The summed E-state index contributed by atoms with van der Waals surface area (Å²) >= 11 is 0. The topological polar surface area (TPSA) is 29.5 Å². The van der Waals surface area contributed by atoms with Gasteiger partial charge in [0.2, 0.25) is 0 Å². The lowest BCUT2D eigenvalue weighted by atomic mass is 10.3. The van der Waals surface area contributed by atoms with Crippen LogP contribution in [0.25, 0.3) is 0 Å². The van der Waals surface area contributed by atoms with Crippen molar-refractivity contribution >= 4 is 11.6 Å². The van der Waals surface area contributed by atoms with Crippen LogP contribution in [-0.2, 0) is 9.53 Å². The minimum atomic E-state index is -0.102. The van der Waals surface area contributed by atoms with E-state index in [0.29, 0.717) is 6.61 Å². The van der Waals surface area contributed by atoms with Gasteiger partial charge in [0.15, 0.2) is 0 Å². The van der Waals surface area contributed by atoms with Gasteiger partial charge in [-0.25, -0.2) is 0 Å². The lowest BCUT2D eigenvalue weighted by molar-refractivity contribution is -0.114. The van der Waals surface area contributed by atoms with Crippen molar-refractivity contribution in [1.29, 1.82) is 0 Å². The van der Waals surface area contributed by atoms with Gasteiger partial charge in [-0.3, -0.25) is 4.79 Å². The summed E-state index contributed by atoms with van der Waals surface area (Å²) in [5.74, 6) is -0.102. The number of nitrogens with zero attached hydrogens (tertiary/aromatic N) is 1. The summed E-state index contributed by atoms with van der Waals surface area (Å²) in [6, 6.07) is 9.47. The summed E-state index contributed by atoms with van der Waals surface area (Å²) < 4.78 is 4.96. The molecular weight excluding hydrogens is 190 g/mol. The van der Waals surface area contributed by atoms with Crippen LogP contribution in [0.1, 0.15) is 6.92 Å². The highest BCUT2D eigenvalue weighted by Gasteiger charge is 2.05. The zero-order valence-electron chi connectivity index (χ0n) is 9.01. The van der Waals surface area contributed by atoms with Crippen molar-refractivity contribution in [2.45, 2.75) is 6.92 Å². The van der Waals surface area contributed by atoms with E-state index in [9.17, 15) is 4.79 Å². The summed E-state index contributed by atoms with van der Waals surface area (Å²) in [5, 5.41) is 0. The van der Waals surface area contributed by atoms with Crippen LogP contribution in [0.2, 0.25) is 0 Å². The van der Waals surface area contributed by atoms with Crippen molar-refractivity contribution in [2.24, 2.45) is 0 Å². The maximum absolute atomic E-state index is 11.6. The molecule has 80 valence electrons. The van der Waals surface area contributed by atoms with Crippen molar-refractivity contribution < 1.29 is 9.53 Å². The largest absolute Gasteiger partial charge is 0.501 e. The van der Waals surface area contributed by atoms with Gasteiger partial charge in [0, 0.05) is 18.8 Å². The Kier molecular flexibility index (Phi) is 4.41. The standard InChI is InChI=1S/C12H15NO2/c1-3-15-10-9-12(14)13(2)11-7-5-4-6-8-11/h4-10H,3H2,1-2H3/b10-9+. The van der Waals surface area contributed by atoms with Gasteiger partial charge in [-0.15, -0.1) is 0 Å². The fourth-order valence-corrected chi connectivity index (χ4v) is 1.09. The van der Waals surface area contributed by atoms with Gasteiger partial charge in [-0.1, -0.05) is 18.2 Å². The zero-order chi connectivity index (χ0) is 11.1. The van der Waals surface area contributed by atoms with Crippen molar-refractivity contribution in [3.63, 3.8) is 0 Å². The monoisotopic (exact) mass is 205 g/mol. The van der Waals surface area contributed by atoms with Gasteiger partial charge in [0.25, 0.3) is 5.91 Å². The highest BCUT2D eigenvalue weighted by Crippen LogP contribution is 2.11. The Morgan fingerprint density at radius 3 is 2.67 bits per heavy atom. The van der Waals surface area contributed by atoms with E-state index in [0.717, 1.165) is 5.69 Å². The van der Waals surface area contributed by atoms with Gasteiger partial charge in [-0.2, -0.15) is 0 Å². The zero-order valence-corrected chi connectivity index (χ0v) is 9.01. The highest BCUT2D eigenvalue weighted by atomic mass is 16.5. The molecule has 0 aliphatic rings. The first-order valence-corrected chi connectivity index (χ1v) is 4.86. The lowest BCUT2D eigenvalue weighted by Gasteiger charge is -2.14. The Balaban J connectivity index is 2.61. The van der Waals surface area contributed by atoms with Crippen molar-refractivity contribution in [3.8, 4) is 0 Å². The molecule has 0 aromatic heterocycles. The summed E-state index contributed by atoms with van der Waals surface area (Å²) in [4.78, 5) is 13.1. The van der Waals surface area contributed by atoms with Gasteiger partial charge >= 0.3 is 0 Å². The summed E-state index contributed by atoms with van der Waals surface area (Å²) in [6.45, 7) is 2.44. The van der Waals surface area contributed by atoms with E-state index in [4.69, 9.17) is 4.74 Å². The molecule has 0 aliphatic carbocycles. The van der Waals surface area contributed by atoms with Crippen molar-refractivity contribution in [2.75, 3.05) is 18.6 Å². The lowest BCUT2D eigenvalue weighted by Crippen LogP contribution is -2.23. The first-order valence-electron chi connectivity index (χ1n) is 4.86. The van der Waals surface area contributed by atoms with E-state index in [2.05, 4.69) is 0 Å². The van der Waals surface area contributed by atoms with E-state index < -0.39 is 0 Å². The smallest absolute Gasteiger partial charge is 0.253 e. The van der Waals surface area contributed by atoms with Crippen LogP contribution in [0.3, 0.4) is 0 Å². The van der Waals surface area contributed by atoms with Gasteiger partial charge in [0.1, 0.15) is 0 Å². The number of anilines is 1. The average molecular weight is 205 g/mol. The Labute approximate surface area is 90.0 Å². The fourth-order valence-electron chi connectivity index (χ4n) is 1.09. The Morgan fingerprint density at radius 1 is 1.40 bits per heavy atom. The van der Waals surface area contributed by atoms with Gasteiger partial charge in [0.05, 0.1) is 12.9 Å². The summed E-state index contributed by atoms with van der Waals surface area (Å²) in [5.41, 5.74) is 0.864. The molecule has 0 unspecified atom stereocenters. The number of carbonyl (C=O) groups excluding carboxylic acids is 1. The second-order valence-corrected chi connectivity index (χ2v) is 2.99. The molecule has 0 radical (unpaired) electrons. The molecule has 3 nitrogen and oxygen atoms in total. The van der Waals surface area contributed by atoms with E-state index in [-0.39, 0.29) is 5.91 Å². The second-order valence-electron chi connectivity index (χ2n) is 2.99. The van der Waals surface area contributed by atoms with Crippen LogP contribution in [0.15, 0.2) is 42.7 Å². The van der Waals surface area contributed by atoms with Crippen molar-refractivity contribution in [1.82, 2.24) is 0 Å². The molecule has 0 atom stereocenters. The molecule has 3 heteroatoms. The van der Waals surface area contributed by atoms with Crippen LogP contribution >= 0.6 is 0 Å². The molecule has 1 aromatic rings. The normalized spacial score (nSPS) is 10.3. The average Bonchev–Trinajstić information content (AvgIpc) is 2.29. The molecular formula is C12H15NO2. The SMILES string of the molecule is CCO/C=C/C(=O)N(C)c1ccccc1. The second kappa shape index (κ2) is 5.86. The maximum Gasteiger partial charge on any atom is 0.253 e. The van der Waals surface area contributed by atoms with Crippen LogP contribution in [0.4, 0.5) is 5.69 Å². The maximum atomic E-state index is 11.6. The number of para-hydroxylation sites is 1. The highest BCUT2D eigenvalue weighted by molar-refractivity contribution is 6.00. The van der Waals surface area contributed by atoms with Gasteiger partial charge < -0.3 is 9.64 Å². The number of amides is 1. The number of ether oxygens (including phenoxy) is 1. The van der Waals surface area contributed by atoms with Gasteiger partial charge in [-0.05, 0) is 19.1 Å². The summed E-state index contributed by atoms with van der Waals surface area (Å²) in [7, 11) is 1.73. The Bertz CT molecular complexity index is 333. The first-order chi connectivity index (χ1) is 7.25. The summed E-state index contributed by atoms with van der Waals surface area (Å²) in [6.07, 6.45) is 2.83. The number of hydrogen-bond donors (Lipinski definition) is 0. The number of carbonyl (C=O) groups is 1. The van der Waals surface area contributed by atoms with E-state index in [1.807, 2.05) is 37.3 Å². The van der Waals surface area contributed by atoms with Crippen LogP contribution in [0.5, 0.6) is 0 Å². The van der Waals surface area contributed by atoms with E-state index in [1.54, 1.807) is 11.9 Å². The van der Waals surface area contributed by atoms with Crippen LogP contribution < -0.4 is 4.90 Å². The number of rotatable bonds is 4. The first kappa shape index (κ1) is 11.3. The molecule has 1 aromatic carbocycles. The number of hydrogen-bond acceptors (Lipinski definition) is 2. The molecule has 1 amide bonds. The Morgan fingerprint density at radius 2 is 2.07 bits per heavy atom. The quantitative estimate of drug-likeness (QED) is 0.557. The molecule has 0 N–H and O–H groups in total. The molecule has 0 saturated heterocycles. The van der Waals surface area contributed by atoms with Crippen molar-refractivity contribution in [3.05, 3.63) is 42.7 Å². The third-order valence-corrected chi connectivity index (χ3v) is 1.95. The molecule has 15 heavy (non-hydrogen) atoms. The van der Waals surface area contributed by atoms with E-state index in [1.165, 1.54) is 12.3 Å².